The highest BCUT2D eigenvalue weighted by molar-refractivity contribution is 5.87. The highest BCUT2D eigenvalue weighted by atomic mass is 16.5. The zero-order valence-corrected chi connectivity index (χ0v) is 8.48. The van der Waals surface area contributed by atoms with E-state index in [4.69, 9.17) is 4.74 Å². The van der Waals surface area contributed by atoms with Gasteiger partial charge in [0, 0.05) is 12.2 Å². The van der Waals surface area contributed by atoms with Crippen LogP contribution in [0.5, 0.6) is 0 Å². The average Bonchev–Trinajstić information content (AvgIpc) is 2.80. The van der Waals surface area contributed by atoms with Crippen molar-refractivity contribution >= 4 is 5.97 Å². The molecule has 1 N–H and O–H groups in total. The minimum atomic E-state index is -0.343. The van der Waals surface area contributed by atoms with Gasteiger partial charge in [-0.15, -0.1) is 0 Å². The Bertz CT molecular complexity index is 321. The molecule has 0 amide bonds. The lowest BCUT2D eigenvalue weighted by Crippen LogP contribution is -2.28. The number of carbonyl (C=O) groups excluding carboxylic acids is 1. The molecular weight excluding hydrogens is 192 g/mol. The first kappa shape index (κ1) is 10.1. The predicted octanol–water partition coefficient (Wildman–Crippen LogP) is 0.990. The monoisotopic (exact) mass is 206 g/mol. The fraction of sp³-hybridized carbons (Fsp3) is 0.455. The van der Waals surface area contributed by atoms with Crippen LogP contribution in [0.2, 0.25) is 0 Å². The SMILES string of the molecule is O=C(OCC1CCCN1)c1ccccn1. The Morgan fingerprint density at radius 3 is 3.20 bits per heavy atom. The van der Waals surface area contributed by atoms with Crippen LogP contribution in [0.25, 0.3) is 0 Å². The van der Waals surface area contributed by atoms with E-state index in [0.29, 0.717) is 18.3 Å². The molecule has 80 valence electrons. The summed E-state index contributed by atoms with van der Waals surface area (Å²) in [5.41, 5.74) is 0.371. The molecule has 2 heterocycles. The van der Waals surface area contributed by atoms with Gasteiger partial charge in [-0.05, 0) is 31.5 Å². The van der Waals surface area contributed by atoms with Crippen LogP contribution in [-0.4, -0.2) is 30.1 Å². The maximum atomic E-state index is 11.5. The summed E-state index contributed by atoms with van der Waals surface area (Å²) in [6.45, 7) is 1.46. The van der Waals surface area contributed by atoms with Crippen molar-refractivity contribution in [3.05, 3.63) is 30.1 Å². The van der Waals surface area contributed by atoms with Crippen molar-refractivity contribution in [2.45, 2.75) is 18.9 Å². The van der Waals surface area contributed by atoms with Gasteiger partial charge in [0.1, 0.15) is 12.3 Å². The molecule has 1 saturated heterocycles. The molecule has 0 spiro atoms. The van der Waals surface area contributed by atoms with E-state index >= 15 is 0 Å². The predicted molar refractivity (Wildman–Crippen MR) is 55.5 cm³/mol. The lowest BCUT2D eigenvalue weighted by Gasteiger charge is -2.10. The maximum absolute atomic E-state index is 11.5. The number of nitrogens with zero attached hydrogens (tertiary/aromatic N) is 1. The second kappa shape index (κ2) is 4.89. The molecule has 0 aromatic carbocycles. The Labute approximate surface area is 88.7 Å². The first-order valence-corrected chi connectivity index (χ1v) is 5.18. The van der Waals surface area contributed by atoms with Gasteiger partial charge < -0.3 is 10.1 Å². The first-order valence-electron chi connectivity index (χ1n) is 5.18. The Kier molecular flexibility index (Phi) is 3.29. The largest absolute Gasteiger partial charge is 0.459 e. The van der Waals surface area contributed by atoms with Crippen molar-refractivity contribution in [2.75, 3.05) is 13.2 Å². The summed E-state index contributed by atoms with van der Waals surface area (Å²) < 4.78 is 5.15. The van der Waals surface area contributed by atoms with Gasteiger partial charge in [0.2, 0.25) is 0 Å². The topological polar surface area (TPSA) is 51.2 Å². The third-order valence-corrected chi connectivity index (χ3v) is 2.45. The number of ether oxygens (including phenoxy) is 1. The molecule has 4 heteroatoms. The van der Waals surface area contributed by atoms with Crippen molar-refractivity contribution in [1.82, 2.24) is 10.3 Å². The van der Waals surface area contributed by atoms with Crippen molar-refractivity contribution in [1.29, 1.82) is 0 Å². The van der Waals surface area contributed by atoms with E-state index < -0.39 is 0 Å². The molecule has 2 rings (SSSR count). The number of esters is 1. The van der Waals surface area contributed by atoms with Crippen LogP contribution in [0.1, 0.15) is 23.3 Å². The zero-order valence-electron chi connectivity index (χ0n) is 8.48. The van der Waals surface area contributed by atoms with Crippen LogP contribution in [-0.2, 0) is 4.74 Å². The summed E-state index contributed by atoms with van der Waals surface area (Å²) in [5, 5.41) is 3.27. The van der Waals surface area contributed by atoms with Crippen LogP contribution in [0.3, 0.4) is 0 Å². The fourth-order valence-corrected chi connectivity index (χ4v) is 1.63. The van der Waals surface area contributed by atoms with Crippen molar-refractivity contribution in [3.63, 3.8) is 0 Å². The molecule has 0 bridgehead atoms. The zero-order chi connectivity index (χ0) is 10.5. The molecule has 0 saturated carbocycles. The molecule has 0 aliphatic carbocycles. The summed E-state index contributed by atoms with van der Waals surface area (Å²) in [4.78, 5) is 15.4. The van der Waals surface area contributed by atoms with Crippen LogP contribution in [0, 0.1) is 0 Å². The Balaban J connectivity index is 1.82. The lowest BCUT2D eigenvalue weighted by atomic mass is 10.2. The summed E-state index contributed by atoms with van der Waals surface area (Å²) in [6.07, 6.45) is 3.83. The number of pyridine rings is 1. The first-order chi connectivity index (χ1) is 7.36. The molecule has 0 radical (unpaired) electrons. The van der Waals surface area contributed by atoms with E-state index in [1.807, 2.05) is 0 Å². The van der Waals surface area contributed by atoms with Gasteiger partial charge in [0.25, 0.3) is 0 Å². The maximum Gasteiger partial charge on any atom is 0.356 e. The van der Waals surface area contributed by atoms with Gasteiger partial charge in [-0.3, -0.25) is 0 Å². The second-order valence-corrected chi connectivity index (χ2v) is 3.61. The standard InChI is InChI=1S/C11H14N2O2/c14-11(10-5-1-2-6-13-10)15-8-9-4-3-7-12-9/h1-2,5-6,9,12H,3-4,7-8H2. The molecule has 1 atom stereocenters. The van der Waals surface area contributed by atoms with Crippen LogP contribution < -0.4 is 5.32 Å². The molecular formula is C11H14N2O2. The smallest absolute Gasteiger partial charge is 0.356 e. The van der Waals surface area contributed by atoms with Gasteiger partial charge in [-0.25, -0.2) is 9.78 Å². The number of nitrogens with one attached hydrogen (secondary N) is 1. The number of carbonyl (C=O) groups is 1. The molecule has 4 nitrogen and oxygen atoms in total. The number of hydrogen-bond acceptors (Lipinski definition) is 4. The molecule has 1 fully saturated rings. The Morgan fingerprint density at radius 1 is 1.60 bits per heavy atom. The van der Waals surface area contributed by atoms with E-state index in [1.54, 1.807) is 24.4 Å². The summed E-state index contributed by atoms with van der Waals surface area (Å²) >= 11 is 0. The van der Waals surface area contributed by atoms with Gasteiger partial charge in [-0.1, -0.05) is 6.07 Å². The molecule has 1 aliphatic heterocycles. The van der Waals surface area contributed by atoms with Gasteiger partial charge in [0.15, 0.2) is 0 Å². The molecule has 1 aromatic heterocycles. The van der Waals surface area contributed by atoms with E-state index in [-0.39, 0.29) is 5.97 Å². The third kappa shape index (κ3) is 2.76. The number of aromatic nitrogens is 1. The molecule has 1 aliphatic rings. The quantitative estimate of drug-likeness (QED) is 0.749. The van der Waals surface area contributed by atoms with E-state index in [1.165, 1.54) is 0 Å². The van der Waals surface area contributed by atoms with Crippen molar-refractivity contribution in [3.8, 4) is 0 Å². The third-order valence-electron chi connectivity index (χ3n) is 2.45. The minimum Gasteiger partial charge on any atom is -0.459 e. The molecule has 1 unspecified atom stereocenters. The van der Waals surface area contributed by atoms with E-state index in [9.17, 15) is 4.79 Å². The van der Waals surface area contributed by atoms with Crippen molar-refractivity contribution in [2.24, 2.45) is 0 Å². The van der Waals surface area contributed by atoms with E-state index in [0.717, 1.165) is 19.4 Å². The molecule has 1 aromatic rings. The van der Waals surface area contributed by atoms with Crippen LogP contribution in [0.4, 0.5) is 0 Å². The summed E-state index contributed by atoms with van der Waals surface area (Å²) in [5.74, 6) is -0.343. The number of hydrogen-bond donors (Lipinski definition) is 1. The van der Waals surface area contributed by atoms with Crippen LogP contribution >= 0.6 is 0 Å². The Morgan fingerprint density at radius 2 is 2.53 bits per heavy atom. The lowest BCUT2D eigenvalue weighted by molar-refractivity contribution is 0.0466. The van der Waals surface area contributed by atoms with Gasteiger partial charge in [0.05, 0.1) is 0 Å². The fourth-order valence-electron chi connectivity index (χ4n) is 1.63. The number of rotatable bonds is 3. The highest BCUT2D eigenvalue weighted by Crippen LogP contribution is 2.06. The summed E-state index contributed by atoms with van der Waals surface area (Å²) in [7, 11) is 0. The van der Waals surface area contributed by atoms with Gasteiger partial charge in [-0.2, -0.15) is 0 Å². The highest BCUT2D eigenvalue weighted by Gasteiger charge is 2.16. The Hall–Kier alpha value is -1.42. The second-order valence-electron chi connectivity index (χ2n) is 3.61. The summed E-state index contributed by atoms with van der Waals surface area (Å²) in [6, 6.07) is 5.52. The minimum absolute atomic E-state index is 0.317. The van der Waals surface area contributed by atoms with Crippen LogP contribution in [0.15, 0.2) is 24.4 Å². The van der Waals surface area contributed by atoms with Gasteiger partial charge >= 0.3 is 5.97 Å². The average molecular weight is 206 g/mol. The molecule has 15 heavy (non-hydrogen) atoms. The normalized spacial score (nSPS) is 20.1. The van der Waals surface area contributed by atoms with E-state index in [2.05, 4.69) is 10.3 Å². The van der Waals surface area contributed by atoms with Crippen molar-refractivity contribution < 1.29 is 9.53 Å².